The lowest BCUT2D eigenvalue weighted by Gasteiger charge is -2.67. The first-order chi connectivity index (χ1) is 16.1. The van der Waals surface area contributed by atoms with E-state index in [1.807, 2.05) is 0 Å². The van der Waals surface area contributed by atoms with E-state index in [2.05, 4.69) is 0 Å². The Bertz CT molecular complexity index is 988. The van der Waals surface area contributed by atoms with Gasteiger partial charge in [-0.25, -0.2) is 4.79 Å². The van der Waals surface area contributed by atoms with Crippen LogP contribution in [0.25, 0.3) is 0 Å². The van der Waals surface area contributed by atoms with Gasteiger partial charge in [-0.05, 0) is 25.5 Å². The highest BCUT2D eigenvalue weighted by Gasteiger charge is 2.94. The third-order valence-electron chi connectivity index (χ3n) is 8.57. The summed E-state index contributed by atoms with van der Waals surface area (Å²) < 4.78 is 29.7. The second kappa shape index (κ2) is 7.19. The Hall–Kier alpha value is -1.67. The highest BCUT2D eigenvalue weighted by Crippen LogP contribution is 2.81. The number of hydrogen-bond acceptors (Lipinski definition) is 11. The minimum Gasteiger partial charge on any atom is -0.461 e. The molecule has 4 heterocycles. The van der Waals surface area contributed by atoms with Gasteiger partial charge in [0.15, 0.2) is 18.4 Å². The number of carbonyl (C=O) groups is 1. The molecule has 34 heavy (non-hydrogen) atoms. The van der Waals surface area contributed by atoms with Crippen molar-refractivity contribution in [3.63, 3.8) is 0 Å². The molecule has 7 fully saturated rings. The average Bonchev–Trinajstić information content (AvgIpc) is 3.00. The molecular weight excluding hydrogens is 452 g/mol. The van der Waals surface area contributed by atoms with Crippen LogP contribution in [0.15, 0.2) is 30.3 Å². The van der Waals surface area contributed by atoms with Gasteiger partial charge >= 0.3 is 5.97 Å². The van der Waals surface area contributed by atoms with Crippen LogP contribution in [0.4, 0.5) is 0 Å². The van der Waals surface area contributed by atoms with Gasteiger partial charge in [-0.15, -0.1) is 0 Å². The van der Waals surface area contributed by atoms with E-state index in [0.717, 1.165) is 0 Å². The summed E-state index contributed by atoms with van der Waals surface area (Å²) in [7, 11) is 0. The summed E-state index contributed by atoms with van der Waals surface area (Å²) in [5.41, 5.74) is -2.99. The van der Waals surface area contributed by atoms with Crippen LogP contribution < -0.4 is 0 Å². The minimum atomic E-state index is -1.61. The van der Waals surface area contributed by atoms with Gasteiger partial charge in [0.05, 0.1) is 17.6 Å². The van der Waals surface area contributed by atoms with Crippen LogP contribution in [-0.4, -0.2) is 98.7 Å². The van der Waals surface area contributed by atoms with Crippen molar-refractivity contribution in [2.75, 3.05) is 13.2 Å². The Morgan fingerprint density at radius 1 is 1.12 bits per heavy atom. The standard InChI is InChI=1S/C23H28O11/c1-20-9-22(29)13-7-23(20,32-18-16(27)15(26)14(25)12(8-24)31-18)21(13,19(33-20)34-22)10-30-17(28)11-5-3-2-4-6-11/h2-6,12-16,18-19,24-27,29H,7-10H2,1H3/t12-,13+,14+,15+,16-,18-,19+,20-,21-,22-,23-/m1/s1. The van der Waals surface area contributed by atoms with Crippen molar-refractivity contribution in [2.24, 2.45) is 11.3 Å². The molecule has 6 bridgehead atoms. The zero-order chi connectivity index (χ0) is 24.1. The lowest BCUT2D eigenvalue weighted by Crippen LogP contribution is -2.80. The Kier molecular flexibility index (Phi) is 4.81. The highest BCUT2D eigenvalue weighted by atomic mass is 16.8. The zero-order valence-corrected chi connectivity index (χ0v) is 18.4. The van der Waals surface area contributed by atoms with Gasteiger partial charge in [-0.1, -0.05) is 18.2 Å². The molecule has 0 unspecified atom stereocenters. The van der Waals surface area contributed by atoms with E-state index in [-0.39, 0.29) is 19.4 Å². The summed E-state index contributed by atoms with van der Waals surface area (Å²) >= 11 is 0. The van der Waals surface area contributed by atoms with E-state index >= 15 is 0 Å². The van der Waals surface area contributed by atoms with Crippen molar-refractivity contribution < 1.29 is 54.0 Å². The Morgan fingerprint density at radius 3 is 2.56 bits per heavy atom. The van der Waals surface area contributed by atoms with Gasteiger partial charge in [0, 0.05) is 12.3 Å². The van der Waals surface area contributed by atoms with Gasteiger partial charge in [0.2, 0.25) is 0 Å². The van der Waals surface area contributed by atoms with Crippen LogP contribution >= 0.6 is 0 Å². The molecule has 1 aromatic carbocycles. The summed E-state index contributed by atoms with van der Waals surface area (Å²) in [6.07, 6.45) is -7.87. The van der Waals surface area contributed by atoms with Gasteiger partial charge in [-0.2, -0.15) is 0 Å². The molecule has 11 nitrogen and oxygen atoms in total. The van der Waals surface area contributed by atoms with Crippen LogP contribution in [0.3, 0.4) is 0 Å². The smallest absolute Gasteiger partial charge is 0.338 e. The van der Waals surface area contributed by atoms with E-state index in [9.17, 15) is 30.3 Å². The number of aliphatic hydroxyl groups excluding tert-OH is 4. The number of esters is 1. The van der Waals surface area contributed by atoms with Gasteiger partial charge < -0.3 is 49.2 Å². The van der Waals surface area contributed by atoms with E-state index < -0.39 is 77.9 Å². The predicted octanol–water partition coefficient (Wildman–Crippen LogP) is -1.36. The van der Waals surface area contributed by atoms with Crippen LogP contribution in [-0.2, 0) is 23.7 Å². The molecule has 11 atom stereocenters. The SMILES string of the molecule is C[C@]12C[C@@]3(O)O[C@H](O1)[C@@]1(COC(=O)c4ccccc4)[C@@H]3C[C@]12O[C@H]1O[C@H](CO)[C@H](O)[C@H](O)[C@H]1O. The normalized spacial score (nSPS) is 52.5. The first-order valence-corrected chi connectivity index (χ1v) is 11.4. The fourth-order valence-corrected chi connectivity index (χ4v) is 6.87. The molecule has 4 aliphatic heterocycles. The molecule has 3 saturated carbocycles. The van der Waals surface area contributed by atoms with Crippen molar-refractivity contribution in [1.82, 2.24) is 0 Å². The van der Waals surface area contributed by atoms with Crippen molar-refractivity contribution in [3.8, 4) is 0 Å². The van der Waals surface area contributed by atoms with E-state index in [1.54, 1.807) is 37.3 Å². The van der Waals surface area contributed by atoms with Crippen LogP contribution in [0.1, 0.15) is 30.1 Å². The summed E-state index contributed by atoms with van der Waals surface area (Å²) in [6, 6.07) is 8.47. The molecule has 8 rings (SSSR count). The molecule has 0 radical (unpaired) electrons. The number of aliphatic hydroxyl groups is 5. The molecular formula is C23H28O11. The quantitative estimate of drug-likeness (QED) is 0.306. The summed E-state index contributed by atoms with van der Waals surface area (Å²) in [5, 5.41) is 51.7. The molecule has 11 heteroatoms. The third kappa shape index (κ3) is 2.59. The Labute approximate surface area is 194 Å². The maximum Gasteiger partial charge on any atom is 0.338 e. The highest BCUT2D eigenvalue weighted by molar-refractivity contribution is 5.89. The fraction of sp³-hybridized carbons (Fsp3) is 0.696. The second-order valence-corrected chi connectivity index (χ2v) is 10.2. The molecule has 1 aromatic rings. The molecule has 4 saturated heterocycles. The van der Waals surface area contributed by atoms with Crippen LogP contribution in [0, 0.1) is 11.3 Å². The maximum absolute atomic E-state index is 12.7. The minimum absolute atomic E-state index is 0.0902. The number of carbonyl (C=O) groups excluding carboxylic acids is 1. The van der Waals surface area contributed by atoms with Crippen LogP contribution in [0.5, 0.6) is 0 Å². The topological polar surface area (TPSA) is 164 Å². The number of hydrogen-bond donors (Lipinski definition) is 5. The molecule has 186 valence electrons. The molecule has 3 aliphatic carbocycles. The van der Waals surface area contributed by atoms with Crippen molar-refractivity contribution in [2.45, 2.75) is 73.8 Å². The Balaban J connectivity index is 1.32. The van der Waals surface area contributed by atoms with Crippen molar-refractivity contribution in [3.05, 3.63) is 35.9 Å². The monoisotopic (exact) mass is 480 g/mol. The summed E-state index contributed by atoms with van der Waals surface area (Å²) in [4.78, 5) is 12.7. The Morgan fingerprint density at radius 2 is 1.85 bits per heavy atom. The molecule has 0 aromatic heterocycles. The molecule has 5 N–H and O–H groups in total. The van der Waals surface area contributed by atoms with Crippen molar-refractivity contribution >= 4 is 5.97 Å². The lowest BCUT2D eigenvalue weighted by atomic mass is 9.41. The lowest BCUT2D eigenvalue weighted by molar-refractivity contribution is -0.424. The number of ether oxygens (including phenoxy) is 5. The fourth-order valence-electron chi connectivity index (χ4n) is 6.87. The van der Waals surface area contributed by atoms with Crippen LogP contribution in [0.2, 0.25) is 0 Å². The first kappa shape index (κ1) is 22.8. The second-order valence-electron chi connectivity index (χ2n) is 10.2. The zero-order valence-electron chi connectivity index (χ0n) is 18.4. The van der Waals surface area contributed by atoms with E-state index in [4.69, 9.17) is 23.7 Å². The summed E-state index contributed by atoms with van der Waals surface area (Å²) in [6.45, 7) is 0.985. The van der Waals surface area contributed by atoms with Crippen molar-refractivity contribution in [1.29, 1.82) is 0 Å². The van der Waals surface area contributed by atoms with E-state index in [1.165, 1.54) is 0 Å². The van der Waals surface area contributed by atoms with E-state index in [0.29, 0.717) is 5.56 Å². The molecule has 0 amide bonds. The summed E-state index contributed by atoms with van der Waals surface area (Å²) in [5.74, 6) is -2.49. The van der Waals surface area contributed by atoms with Gasteiger partial charge in [-0.3, -0.25) is 0 Å². The molecule has 7 aliphatic rings. The average molecular weight is 480 g/mol. The predicted molar refractivity (Wildman–Crippen MR) is 109 cm³/mol. The first-order valence-electron chi connectivity index (χ1n) is 11.4. The molecule has 0 spiro atoms. The third-order valence-corrected chi connectivity index (χ3v) is 8.57. The van der Waals surface area contributed by atoms with Gasteiger partial charge in [0.25, 0.3) is 0 Å². The number of benzene rings is 1. The van der Waals surface area contributed by atoms with Gasteiger partial charge in [0.1, 0.15) is 42.2 Å². The largest absolute Gasteiger partial charge is 0.461 e. The maximum atomic E-state index is 12.7. The number of rotatable bonds is 6.